The molecule has 0 aliphatic carbocycles. The number of hydrogen-bond donors (Lipinski definition) is 0. The summed E-state index contributed by atoms with van der Waals surface area (Å²) in [5.74, 6) is 4.04. The highest BCUT2D eigenvalue weighted by atomic mass is 32.2. The van der Waals surface area contributed by atoms with Crippen LogP contribution in [0.4, 0.5) is 0 Å². The van der Waals surface area contributed by atoms with Crippen molar-refractivity contribution in [2.45, 2.75) is 25.4 Å². The summed E-state index contributed by atoms with van der Waals surface area (Å²) in [6.07, 6.45) is 0.888. The van der Waals surface area contributed by atoms with Crippen LogP contribution in [0.15, 0.2) is 41.6 Å². The van der Waals surface area contributed by atoms with Crippen LogP contribution in [-0.4, -0.2) is 40.3 Å². The Kier molecular flexibility index (Phi) is 5.94. The summed E-state index contributed by atoms with van der Waals surface area (Å²) in [4.78, 5) is 0. The maximum atomic E-state index is 5.86. The fourth-order valence-electron chi connectivity index (χ4n) is 3.09. The molecule has 0 unspecified atom stereocenters. The molecule has 2 heterocycles. The molecular weight excluding hydrogens is 386 g/mol. The van der Waals surface area contributed by atoms with Crippen molar-refractivity contribution in [3.05, 3.63) is 47.5 Å². The van der Waals surface area contributed by atoms with Gasteiger partial charge in [-0.1, -0.05) is 17.8 Å². The van der Waals surface area contributed by atoms with Crippen LogP contribution in [0.1, 0.15) is 17.5 Å². The number of benzene rings is 2. The van der Waals surface area contributed by atoms with Gasteiger partial charge in [0.05, 0.1) is 19.8 Å². The second-order valence-corrected chi connectivity index (χ2v) is 8.08. The van der Waals surface area contributed by atoms with Crippen LogP contribution >= 0.6 is 11.8 Å². The van der Waals surface area contributed by atoms with Crippen molar-refractivity contribution in [3.8, 4) is 28.6 Å². The first-order valence-electron chi connectivity index (χ1n) is 9.74. The SMILES string of the molecule is Cc1ccc(OCCSc2nnc(-c3ccc4c(c3)OCCCO4)n2C)cc1C. The maximum Gasteiger partial charge on any atom is 0.191 e. The van der Waals surface area contributed by atoms with Crippen molar-refractivity contribution in [1.29, 1.82) is 0 Å². The van der Waals surface area contributed by atoms with Gasteiger partial charge < -0.3 is 18.8 Å². The Hall–Kier alpha value is -2.67. The molecule has 3 aromatic rings. The van der Waals surface area contributed by atoms with E-state index in [1.165, 1.54) is 11.1 Å². The van der Waals surface area contributed by atoms with Gasteiger partial charge in [-0.05, 0) is 55.3 Å². The van der Waals surface area contributed by atoms with Gasteiger partial charge in [0, 0.05) is 24.8 Å². The van der Waals surface area contributed by atoms with Gasteiger partial charge in [0.15, 0.2) is 22.5 Å². The predicted octanol–water partition coefficient (Wildman–Crippen LogP) is 4.43. The number of ether oxygens (including phenoxy) is 3. The monoisotopic (exact) mass is 411 g/mol. The molecule has 0 saturated carbocycles. The first-order valence-corrected chi connectivity index (χ1v) is 10.7. The largest absolute Gasteiger partial charge is 0.493 e. The highest BCUT2D eigenvalue weighted by Crippen LogP contribution is 2.34. The molecular formula is C22H25N3O3S. The van der Waals surface area contributed by atoms with E-state index in [0.717, 1.165) is 46.0 Å². The Morgan fingerprint density at radius 2 is 1.83 bits per heavy atom. The van der Waals surface area contributed by atoms with Gasteiger partial charge in [-0.25, -0.2) is 0 Å². The Balaban J connectivity index is 1.38. The molecule has 0 atom stereocenters. The van der Waals surface area contributed by atoms with Gasteiger partial charge in [0.2, 0.25) is 0 Å². The maximum absolute atomic E-state index is 5.86. The second-order valence-electron chi connectivity index (χ2n) is 7.02. The van der Waals surface area contributed by atoms with Crippen LogP contribution < -0.4 is 14.2 Å². The van der Waals surface area contributed by atoms with Gasteiger partial charge in [-0.3, -0.25) is 0 Å². The normalized spacial score (nSPS) is 13.2. The molecule has 152 valence electrons. The first kappa shape index (κ1) is 19.6. The molecule has 0 bridgehead atoms. The molecule has 0 N–H and O–H groups in total. The van der Waals surface area contributed by atoms with Crippen LogP contribution in [0.5, 0.6) is 17.2 Å². The first-order chi connectivity index (χ1) is 14.1. The number of rotatable bonds is 6. The molecule has 0 fully saturated rings. The number of hydrogen-bond acceptors (Lipinski definition) is 6. The molecule has 7 heteroatoms. The molecule has 6 nitrogen and oxygen atoms in total. The van der Waals surface area contributed by atoms with E-state index < -0.39 is 0 Å². The van der Waals surface area contributed by atoms with Gasteiger partial charge >= 0.3 is 0 Å². The molecule has 0 radical (unpaired) electrons. The molecule has 4 rings (SSSR count). The quantitative estimate of drug-likeness (QED) is 0.442. The molecule has 29 heavy (non-hydrogen) atoms. The van der Waals surface area contributed by atoms with Crippen molar-refractivity contribution in [2.24, 2.45) is 7.05 Å². The Bertz CT molecular complexity index is 1000. The lowest BCUT2D eigenvalue weighted by molar-refractivity contribution is 0.297. The van der Waals surface area contributed by atoms with Crippen LogP contribution in [0.25, 0.3) is 11.4 Å². The third-order valence-electron chi connectivity index (χ3n) is 4.90. The summed E-state index contributed by atoms with van der Waals surface area (Å²) in [7, 11) is 1.98. The third kappa shape index (κ3) is 4.50. The second kappa shape index (κ2) is 8.78. The molecule has 0 saturated heterocycles. The summed E-state index contributed by atoms with van der Waals surface area (Å²) < 4.78 is 19.4. The lowest BCUT2D eigenvalue weighted by Gasteiger charge is -2.10. The van der Waals surface area contributed by atoms with E-state index in [2.05, 4.69) is 36.2 Å². The van der Waals surface area contributed by atoms with Crippen molar-refractivity contribution >= 4 is 11.8 Å². The summed E-state index contributed by atoms with van der Waals surface area (Å²) >= 11 is 1.63. The topological polar surface area (TPSA) is 58.4 Å². The van der Waals surface area contributed by atoms with Crippen molar-refractivity contribution in [3.63, 3.8) is 0 Å². The number of thioether (sulfide) groups is 1. The number of aryl methyl sites for hydroxylation is 2. The van der Waals surface area contributed by atoms with Crippen LogP contribution in [-0.2, 0) is 7.05 Å². The molecule has 0 amide bonds. The molecule has 2 aromatic carbocycles. The Morgan fingerprint density at radius 1 is 1.00 bits per heavy atom. The van der Waals surface area contributed by atoms with E-state index in [-0.39, 0.29) is 0 Å². The molecule has 0 spiro atoms. The zero-order valence-electron chi connectivity index (χ0n) is 17.0. The van der Waals surface area contributed by atoms with Gasteiger partial charge in [0.25, 0.3) is 0 Å². The van der Waals surface area contributed by atoms with Crippen molar-refractivity contribution in [1.82, 2.24) is 14.8 Å². The van der Waals surface area contributed by atoms with Crippen molar-refractivity contribution in [2.75, 3.05) is 25.6 Å². The molecule has 1 aliphatic heterocycles. The highest BCUT2D eigenvalue weighted by Gasteiger charge is 2.16. The summed E-state index contributed by atoms with van der Waals surface area (Å²) in [5, 5.41) is 9.57. The van der Waals surface area contributed by atoms with E-state index in [9.17, 15) is 0 Å². The zero-order valence-corrected chi connectivity index (χ0v) is 17.8. The fourth-order valence-corrected chi connectivity index (χ4v) is 3.82. The molecule has 1 aliphatic rings. The number of nitrogens with zero attached hydrogens (tertiary/aromatic N) is 3. The van der Waals surface area contributed by atoms with E-state index in [0.29, 0.717) is 19.8 Å². The van der Waals surface area contributed by atoms with Crippen molar-refractivity contribution < 1.29 is 14.2 Å². The van der Waals surface area contributed by atoms with E-state index >= 15 is 0 Å². The van der Waals surface area contributed by atoms with Crippen LogP contribution in [0, 0.1) is 13.8 Å². The number of fused-ring (bicyclic) bond motifs is 1. The predicted molar refractivity (Wildman–Crippen MR) is 114 cm³/mol. The Morgan fingerprint density at radius 3 is 2.66 bits per heavy atom. The lowest BCUT2D eigenvalue weighted by atomic mass is 10.1. The van der Waals surface area contributed by atoms with Crippen LogP contribution in [0.3, 0.4) is 0 Å². The minimum absolute atomic E-state index is 0.611. The lowest BCUT2D eigenvalue weighted by Crippen LogP contribution is -2.02. The summed E-state index contributed by atoms with van der Waals surface area (Å²) in [5.41, 5.74) is 3.47. The van der Waals surface area contributed by atoms with Gasteiger partial charge in [-0.15, -0.1) is 10.2 Å². The minimum atomic E-state index is 0.611. The smallest absolute Gasteiger partial charge is 0.191 e. The average molecular weight is 412 g/mol. The van der Waals surface area contributed by atoms with Gasteiger partial charge in [-0.2, -0.15) is 0 Å². The van der Waals surface area contributed by atoms with E-state index in [1.54, 1.807) is 11.8 Å². The summed E-state index contributed by atoms with van der Waals surface area (Å²) in [6, 6.07) is 12.1. The third-order valence-corrected chi connectivity index (χ3v) is 5.89. The number of aromatic nitrogens is 3. The highest BCUT2D eigenvalue weighted by molar-refractivity contribution is 7.99. The zero-order chi connectivity index (χ0) is 20.2. The van der Waals surface area contributed by atoms with Crippen LogP contribution in [0.2, 0.25) is 0 Å². The fraction of sp³-hybridized carbons (Fsp3) is 0.364. The Labute approximate surface area is 175 Å². The molecule has 1 aromatic heterocycles. The van der Waals surface area contributed by atoms with E-state index in [1.807, 2.05) is 35.9 Å². The average Bonchev–Trinajstić information content (AvgIpc) is 2.93. The van der Waals surface area contributed by atoms with Gasteiger partial charge in [0.1, 0.15) is 5.75 Å². The summed E-state index contributed by atoms with van der Waals surface area (Å²) in [6.45, 7) is 6.15. The minimum Gasteiger partial charge on any atom is -0.493 e. The van der Waals surface area contributed by atoms with E-state index in [4.69, 9.17) is 14.2 Å². The standard InChI is InChI=1S/C22H25N3O3S/c1-15-5-7-18(13-16(15)2)26-11-12-29-22-24-23-21(25(22)3)17-6-8-19-20(14-17)28-10-4-9-27-19/h5-8,13-14H,4,9-12H2,1-3H3.